The van der Waals surface area contributed by atoms with E-state index in [0.717, 1.165) is 0 Å². The van der Waals surface area contributed by atoms with E-state index in [0.29, 0.717) is 27.9 Å². The second-order valence-electron chi connectivity index (χ2n) is 3.47. The van der Waals surface area contributed by atoms with Crippen molar-refractivity contribution >= 4 is 22.3 Å². The number of ketones is 1. The summed E-state index contributed by atoms with van der Waals surface area (Å²) in [7, 11) is 3.05. The third-order valence-corrected chi connectivity index (χ3v) is 3.08. The average Bonchev–Trinajstić information content (AvgIpc) is 2.83. The Bertz CT molecular complexity index is 580. The number of rotatable bonds is 4. The number of carbonyl (C=O) groups is 1. The molecule has 1 aromatic carbocycles. The van der Waals surface area contributed by atoms with Crippen molar-refractivity contribution in [2.24, 2.45) is 0 Å². The van der Waals surface area contributed by atoms with Gasteiger partial charge in [0.15, 0.2) is 5.13 Å². The summed E-state index contributed by atoms with van der Waals surface area (Å²) in [5, 5.41) is 1.98. The molecule has 0 aliphatic heterocycles. The van der Waals surface area contributed by atoms with E-state index in [-0.39, 0.29) is 5.78 Å². The molecule has 6 heteroatoms. The minimum Gasteiger partial charge on any atom is -0.497 e. The van der Waals surface area contributed by atoms with Gasteiger partial charge in [-0.3, -0.25) is 4.79 Å². The Labute approximate surface area is 108 Å². The van der Waals surface area contributed by atoms with Crippen LogP contribution in [-0.2, 0) is 0 Å². The number of hydrogen-bond donors (Lipinski definition) is 1. The van der Waals surface area contributed by atoms with Gasteiger partial charge in [0.25, 0.3) is 0 Å². The first kappa shape index (κ1) is 12.4. The molecule has 0 bridgehead atoms. The molecule has 94 valence electrons. The third kappa shape index (κ3) is 2.28. The number of ether oxygens (including phenoxy) is 2. The third-order valence-electron chi connectivity index (χ3n) is 2.41. The molecule has 0 fully saturated rings. The van der Waals surface area contributed by atoms with Crippen LogP contribution in [0, 0.1) is 0 Å². The molecule has 2 rings (SSSR count). The van der Waals surface area contributed by atoms with Crippen molar-refractivity contribution in [2.45, 2.75) is 0 Å². The largest absolute Gasteiger partial charge is 0.497 e. The Kier molecular flexibility index (Phi) is 3.47. The summed E-state index contributed by atoms with van der Waals surface area (Å²) in [5.74, 6) is 0.827. The molecule has 2 aromatic rings. The Balaban J connectivity index is 2.45. The maximum atomic E-state index is 12.3. The second kappa shape index (κ2) is 5.05. The van der Waals surface area contributed by atoms with Gasteiger partial charge in [0.2, 0.25) is 5.78 Å². The number of anilines is 1. The summed E-state index contributed by atoms with van der Waals surface area (Å²) in [6.07, 6.45) is 0. The highest BCUT2D eigenvalue weighted by Crippen LogP contribution is 2.27. The minimum atomic E-state index is -0.237. The number of benzene rings is 1. The Morgan fingerprint density at radius 2 is 2.11 bits per heavy atom. The van der Waals surface area contributed by atoms with E-state index in [9.17, 15) is 4.79 Å². The van der Waals surface area contributed by atoms with Crippen LogP contribution in [0.5, 0.6) is 11.5 Å². The summed E-state index contributed by atoms with van der Waals surface area (Å²) < 4.78 is 10.3. The predicted molar refractivity (Wildman–Crippen MR) is 69.5 cm³/mol. The van der Waals surface area contributed by atoms with Crippen molar-refractivity contribution in [3.05, 3.63) is 34.8 Å². The quantitative estimate of drug-likeness (QED) is 0.854. The molecule has 5 nitrogen and oxygen atoms in total. The van der Waals surface area contributed by atoms with Gasteiger partial charge in [-0.1, -0.05) is 0 Å². The summed E-state index contributed by atoms with van der Waals surface area (Å²) in [4.78, 5) is 16.2. The van der Waals surface area contributed by atoms with Gasteiger partial charge in [0.1, 0.15) is 17.2 Å². The summed E-state index contributed by atoms with van der Waals surface area (Å²) >= 11 is 1.22. The number of hydrogen-bond acceptors (Lipinski definition) is 6. The van der Waals surface area contributed by atoms with Gasteiger partial charge in [-0.05, 0) is 18.2 Å². The van der Waals surface area contributed by atoms with Crippen molar-refractivity contribution in [3.63, 3.8) is 0 Å². The van der Waals surface area contributed by atoms with Crippen molar-refractivity contribution in [1.29, 1.82) is 0 Å². The van der Waals surface area contributed by atoms with E-state index in [4.69, 9.17) is 15.2 Å². The van der Waals surface area contributed by atoms with Gasteiger partial charge in [0.05, 0.1) is 19.8 Å². The van der Waals surface area contributed by atoms with Crippen LogP contribution >= 0.6 is 11.3 Å². The minimum absolute atomic E-state index is 0.237. The molecule has 1 aromatic heterocycles. The van der Waals surface area contributed by atoms with Crippen LogP contribution < -0.4 is 15.2 Å². The Morgan fingerprint density at radius 3 is 2.67 bits per heavy atom. The standard InChI is InChI=1S/C12H12N2O3S/c1-16-7-3-4-10(17-2)8(5-7)11(15)9-6-18-12(13)14-9/h3-6H,1-2H3,(H2,13,14). The summed E-state index contributed by atoms with van der Waals surface area (Å²) in [6.45, 7) is 0. The number of carbonyl (C=O) groups excluding carboxylic acids is 1. The maximum Gasteiger partial charge on any atom is 0.216 e. The van der Waals surface area contributed by atoms with Crippen molar-refractivity contribution in [3.8, 4) is 11.5 Å². The summed E-state index contributed by atoms with van der Waals surface area (Å²) in [6, 6.07) is 5.03. The molecule has 0 saturated carbocycles. The number of aromatic nitrogens is 1. The van der Waals surface area contributed by atoms with Crippen molar-refractivity contribution in [2.75, 3.05) is 20.0 Å². The lowest BCUT2D eigenvalue weighted by atomic mass is 10.1. The van der Waals surface area contributed by atoms with Gasteiger partial charge >= 0.3 is 0 Å². The van der Waals surface area contributed by atoms with E-state index in [1.165, 1.54) is 25.6 Å². The first-order valence-corrected chi connectivity index (χ1v) is 6.01. The lowest BCUT2D eigenvalue weighted by molar-refractivity contribution is 0.103. The molecule has 0 radical (unpaired) electrons. The van der Waals surface area contributed by atoms with E-state index in [1.54, 1.807) is 23.6 Å². The molecule has 18 heavy (non-hydrogen) atoms. The smallest absolute Gasteiger partial charge is 0.216 e. The number of methoxy groups -OCH3 is 2. The zero-order valence-electron chi connectivity index (χ0n) is 9.97. The maximum absolute atomic E-state index is 12.3. The number of nitrogens with zero attached hydrogens (tertiary/aromatic N) is 1. The highest BCUT2D eigenvalue weighted by atomic mass is 32.1. The Hall–Kier alpha value is -2.08. The van der Waals surface area contributed by atoms with Crippen LogP contribution in [0.15, 0.2) is 23.6 Å². The average molecular weight is 264 g/mol. The molecule has 0 saturated heterocycles. The lowest BCUT2D eigenvalue weighted by Gasteiger charge is -2.08. The number of nitrogen functional groups attached to an aromatic ring is 1. The zero-order chi connectivity index (χ0) is 13.1. The summed E-state index contributed by atoms with van der Waals surface area (Å²) in [5.41, 5.74) is 6.23. The van der Waals surface area contributed by atoms with E-state index in [2.05, 4.69) is 4.98 Å². The molecular weight excluding hydrogens is 252 g/mol. The highest BCUT2D eigenvalue weighted by Gasteiger charge is 2.18. The molecule has 0 aliphatic carbocycles. The zero-order valence-corrected chi connectivity index (χ0v) is 10.8. The van der Waals surface area contributed by atoms with Crippen molar-refractivity contribution in [1.82, 2.24) is 4.98 Å². The molecule has 1 heterocycles. The van der Waals surface area contributed by atoms with Gasteiger partial charge in [0, 0.05) is 5.38 Å². The molecule has 0 unspecified atom stereocenters. The van der Waals surface area contributed by atoms with Crippen LogP contribution in [0.1, 0.15) is 16.1 Å². The molecule has 2 N–H and O–H groups in total. The van der Waals surface area contributed by atoms with E-state index < -0.39 is 0 Å². The first-order chi connectivity index (χ1) is 8.65. The van der Waals surface area contributed by atoms with Crippen molar-refractivity contribution < 1.29 is 14.3 Å². The monoisotopic (exact) mass is 264 g/mol. The lowest BCUT2D eigenvalue weighted by Crippen LogP contribution is -2.05. The van der Waals surface area contributed by atoms with Crippen LogP contribution in [0.3, 0.4) is 0 Å². The topological polar surface area (TPSA) is 74.4 Å². The molecule has 0 aliphatic rings. The fraction of sp³-hybridized carbons (Fsp3) is 0.167. The predicted octanol–water partition coefficient (Wildman–Crippen LogP) is 1.97. The fourth-order valence-electron chi connectivity index (χ4n) is 1.52. The van der Waals surface area contributed by atoms with Crippen LogP contribution in [0.2, 0.25) is 0 Å². The fourth-order valence-corrected chi connectivity index (χ4v) is 2.06. The van der Waals surface area contributed by atoms with E-state index in [1.807, 2.05) is 0 Å². The van der Waals surface area contributed by atoms with Gasteiger partial charge in [-0.25, -0.2) is 4.98 Å². The van der Waals surface area contributed by atoms with Gasteiger partial charge < -0.3 is 15.2 Å². The first-order valence-electron chi connectivity index (χ1n) is 5.13. The number of thiazole rings is 1. The van der Waals surface area contributed by atoms with Crippen LogP contribution in [0.25, 0.3) is 0 Å². The molecule has 0 amide bonds. The molecule has 0 spiro atoms. The van der Waals surface area contributed by atoms with Crippen LogP contribution in [-0.4, -0.2) is 25.0 Å². The van der Waals surface area contributed by atoms with E-state index >= 15 is 0 Å². The molecule has 0 atom stereocenters. The van der Waals surface area contributed by atoms with Gasteiger partial charge in [-0.2, -0.15) is 0 Å². The van der Waals surface area contributed by atoms with Gasteiger partial charge in [-0.15, -0.1) is 11.3 Å². The molecular formula is C12H12N2O3S. The highest BCUT2D eigenvalue weighted by molar-refractivity contribution is 7.13. The normalized spacial score (nSPS) is 10.1. The Morgan fingerprint density at radius 1 is 1.33 bits per heavy atom. The van der Waals surface area contributed by atoms with Crippen LogP contribution in [0.4, 0.5) is 5.13 Å². The SMILES string of the molecule is COc1ccc(OC)c(C(=O)c2csc(N)n2)c1. The number of nitrogens with two attached hydrogens (primary N) is 1. The second-order valence-corrected chi connectivity index (χ2v) is 4.36.